The molecule has 1 unspecified atom stereocenters. The van der Waals surface area contributed by atoms with Gasteiger partial charge in [-0.2, -0.15) is 5.26 Å². The summed E-state index contributed by atoms with van der Waals surface area (Å²) in [6.45, 7) is 2.07. The van der Waals surface area contributed by atoms with E-state index in [-0.39, 0.29) is 6.42 Å². The smallest absolute Gasteiger partial charge is 0.0670 e. The van der Waals surface area contributed by atoms with Crippen LogP contribution in [0.2, 0.25) is 0 Å². The standard InChI is InChI=1S/C7H13NO/c1-2-3-4-7(9)5-6-8/h7,9H,2-5H2,1H3. The number of rotatable bonds is 4. The van der Waals surface area contributed by atoms with Gasteiger partial charge in [-0.25, -0.2) is 0 Å². The van der Waals surface area contributed by atoms with Crippen molar-refractivity contribution in [3.63, 3.8) is 0 Å². The molecule has 52 valence electrons. The maximum Gasteiger partial charge on any atom is 0.0670 e. The average molecular weight is 127 g/mol. The van der Waals surface area contributed by atoms with Crippen molar-refractivity contribution in [3.05, 3.63) is 0 Å². The Morgan fingerprint density at radius 3 is 2.78 bits per heavy atom. The summed E-state index contributed by atoms with van der Waals surface area (Å²) < 4.78 is 0. The Kier molecular flexibility index (Phi) is 5.24. The van der Waals surface area contributed by atoms with E-state index in [9.17, 15) is 0 Å². The van der Waals surface area contributed by atoms with E-state index in [1.807, 2.05) is 6.07 Å². The van der Waals surface area contributed by atoms with Gasteiger partial charge in [-0.3, -0.25) is 0 Å². The predicted molar refractivity (Wildman–Crippen MR) is 35.8 cm³/mol. The second-order valence-electron chi connectivity index (χ2n) is 2.16. The van der Waals surface area contributed by atoms with E-state index in [4.69, 9.17) is 10.4 Å². The number of aliphatic hydroxyl groups is 1. The first-order valence-electron chi connectivity index (χ1n) is 3.36. The van der Waals surface area contributed by atoms with Gasteiger partial charge in [0.25, 0.3) is 0 Å². The van der Waals surface area contributed by atoms with Crippen LogP contribution < -0.4 is 0 Å². The molecule has 0 saturated heterocycles. The summed E-state index contributed by atoms with van der Waals surface area (Å²) in [6.07, 6.45) is 2.75. The van der Waals surface area contributed by atoms with Crippen LogP contribution in [-0.2, 0) is 0 Å². The van der Waals surface area contributed by atoms with Crippen molar-refractivity contribution >= 4 is 0 Å². The first kappa shape index (κ1) is 8.45. The van der Waals surface area contributed by atoms with Gasteiger partial charge in [-0.15, -0.1) is 0 Å². The summed E-state index contributed by atoms with van der Waals surface area (Å²) >= 11 is 0. The molecule has 0 aromatic rings. The monoisotopic (exact) mass is 127 g/mol. The molecule has 0 aliphatic heterocycles. The molecule has 0 spiro atoms. The van der Waals surface area contributed by atoms with Crippen LogP contribution in [0.1, 0.15) is 32.6 Å². The van der Waals surface area contributed by atoms with E-state index in [1.54, 1.807) is 0 Å². The van der Waals surface area contributed by atoms with E-state index in [1.165, 1.54) is 0 Å². The minimum Gasteiger partial charge on any atom is -0.392 e. The van der Waals surface area contributed by atoms with Crippen LogP contribution in [0, 0.1) is 11.3 Å². The molecule has 0 aromatic heterocycles. The second kappa shape index (κ2) is 5.58. The van der Waals surface area contributed by atoms with Crippen LogP contribution in [0.5, 0.6) is 0 Å². The molecule has 0 aliphatic rings. The predicted octanol–water partition coefficient (Wildman–Crippen LogP) is 1.45. The Balaban J connectivity index is 3.08. The summed E-state index contributed by atoms with van der Waals surface area (Å²) in [5.74, 6) is 0. The molecule has 0 rings (SSSR count). The van der Waals surface area contributed by atoms with Gasteiger partial charge >= 0.3 is 0 Å². The lowest BCUT2D eigenvalue weighted by molar-refractivity contribution is 0.166. The fourth-order valence-electron chi connectivity index (χ4n) is 0.647. The number of nitriles is 1. The fourth-order valence-corrected chi connectivity index (χ4v) is 0.647. The molecule has 0 aliphatic carbocycles. The van der Waals surface area contributed by atoms with Gasteiger partial charge in [0.05, 0.1) is 18.6 Å². The summed E-state index contributed by atoms with van der Waals surface area (Å²) in [5.41, 5.74) is 0. The Hall–Kier alpha value is -0.550. The highest BCUT2D eigenvalue weighted by Gasteiger charge is 1.99. The van der Waals surface area contributed by atoms with Crippen LogP contribution in [0.15, 0.2) is 0 Å². The number of unbranched alkanes of at least 4 members (excludes halogenated alkanes) is 1. The van der Waals surface area contributed by atoms with Gasteiger partial charge in [0.15, 0.2) is 0 Å². The van der Waals surface area contributed by atoms with Crippen molar-refractivity contribution in [2.24, 2.45) is 0 Å². The lowest BCUT2D eigenvalue weighted by Gasteiger charge is -2.02. The van der Waals surface area contributed by atoms with Crippen LogP contribution in [0.4, 0.5) is 0 Å². The van der Waals surface area contributed by atoms with Crippen LogP contribution >= 0.6 is 0 Å². The molecular formula is C7H13NO. The molecule has 2 nitrogen and oxygen atoms in total. The van der Waals surface area contributed by atoms with Gasteiger partial charge in [0.2, 0.25) is 0 Å². The zero-order chi connectivity index (χ0) is 7.11. The van der Waals surface area contributed by atoms with E-state index in [2.05, 4.69) is 6.92 Å². The topological polar surface area (TPSA) is 44.0 Å². The molecule has 0 radical (unpaired) electrons. The third-order valence-corrected chi connectivity index (χ3v) is 1.22. The molecule has 0 amide bonds. The third kappa shape index (κ3) is 5.32. The van der Waals surface area contributed by atoms with Gasteiger partial charge in [-0.05, 0) is 6.42 Å². The van der Waals surface area contributed by atoms with Crippen molar-refractivity contribution < 1.29 is 5.11 Å². The van der Waals surface area contributed by atoms with E-state index in [0.29, 0.717) is 0 Å². The minimum absolute atomic E-state index is 0.278. The lowest BCUT2D eigenvalue weighted by atomic mass is 10.1. The number of hydrogen-bond acceptors (Lipinski definition) is 2. The molecular weight excluding hydrogens is 114 g/mol. The molecule has 2 heteroatoms. The zero-order valence-electron chi connectivity index (χ0n) is 5.80. The van der Waals surface area contributed by atoms with Crippen molar-refractivity contribution in [1.82, 2.24) is 0 Å². The summed E-state index contributed by atoms with van der Waals surface area (Å²) in [6, 6.07) is 1.93. The highest BCUT2D eigenvalue weighted by atomic mass is 16.3. The largest absolute Gasteiger partial charge is 0.392 e. The first-order valence-corrected chi connectivity index (χ1v) is 3.36. The average Bonchev–Trinajstić information content (AvgIpc) is 1.85. The summed E-state index contributed by atoms with van der Waals surface area (Å²) in [5, 5.41) is 17.1. The van der Waals surface area contributed by atoms with Gasteiger partial charge < -0.3 is 5.11 Å². The molecule has 0 saturated carbocycles. The van der Waals surface area contributed by atoms with Gasteiger partial charge in [0.1, 0.15) is 0 Å². The molecule has 9 heavy (non-hydrogen) atoms. The zero-order valence-corrected chi connectivity index (χ0v) is 5.80. The highest BCUT2D eigenvalue weighted by Crippen LogP contribution is 2.02. The Morgan fingerprint density at radius 1 is 1.67 bits per heavy atom. The van der Waals surface area contributed by atoms with E-state index >= 15 is 0 Å². The SMILES string of the molecule is CCCCC(O)CC#N. The van der Waals surface area contributed by atoms with Crippen LogP contribution in [0.25, 0.3) is 0 Å². The number of aliphatic hydroxyl groups excluding tert-OH is 1. The van der Waals surface area contributed by atoms with Gasteiger partial charge in [-0.1, -0.05) is 19.8 Å². The van der Waals surface area contributed by atoms with Crippen LogP contribution in [0.3, 0.4) is 0 Å². The first-order chi connectivity index (χ1) is 4.31. The second-order valence-corrected chi connectivity index (χ2v) is 2.16. The molecule has 0 fully saturated rings. The number of hydrogen-bond donors (Lipinski definition) is 1. The molecule has 0 bridgehead atoms. The molecule has 0 heterocycles. The summed E-state index contributed by atoms with van der Waals surface area (Å²) in [4.78, 5) is 0. The minimum atomic E-state index is -0.394. The molecule has 0 aromatic carbocycles. The molecule has 1 N–H and O–H groups in total. The van der Waals surface area contributed by atoms with Crippen molar-refractivity contribution in [1.29, 1.82) is 5.26 Å². The Bertz CT molecular complexity index is 95.6. The highest BCUT2D eigenvalue weighted by molar-refractivity contribution is 4.74. The maximum absolute atomic E-state index is 8.96. The third-order valence-electron chi connectivity index (χ3n) is 1.22. The normalized spacial score (nSPS) is 12.6. The quantitative estimate of drug-likeness (QED) is 0.621. The van der Waals surface area contributed by atoms with Crippen molar-refractivity contribution in [3.8, 4) is 6.07 Å². The van der Waals surface area contributed by atoms with Gasteiger partial charge in [0, 0.05) is 0 Å². The maximum atomic E-state index is 8.96. The Morgan fingerprint density at radius 2 is 2.33 bits per heavy atom. The number of nitrogens with zero attached hydrogens (tertiary/aromatic N) is 1. The van der Waals surface area contributed by atoms with Crippen molar-refractivity contribution in [2.45, 2.75) is 38.7 Å². The van der Waals surface area contributed by atoms with Crippen molar-refractivity contribution in [2.75, 3.05) is 0 Å². The Labute approximate surface area is 56.1 Å². The fraction of sp³-hybridized carbons (Fsp3) is 0.857. The van der Waals surface area contributed by atoms with Crippen LogP contribution in [-0.4, -0.2) is 11.2 Å². The van der Waals surface area contributed by atoms with E-state index < -0.39 is 6.10 Å². The summed E-state index contributed by atoms with van der Waals surface area (Å²) in [7, 11) is 0. The van der Waals surface area contributed by atoms with E-state index in [0.717, 1.165) is 19.3 Å². The molecule has 1 atom stereocenters. The lowest BCUT2D eigenvalue weighted by Crippen LogP contribution is -2.03.